The number of nitrogens with zero attached hydrogens (tertiary/aromatic N) is 2. The summed E-state index contributed by atoms with van der Waals surface area (Å²) >= 11 is 0. The number of aromatic nitrogens is 1. The maximum absolute atomic E-state index is 15.7. The molecule has 0 bridgehead atoms. The first kappa shape index (κ1) is 25.9. The van der Waals surface area contributed by atoms with Crippen LogP contribution in [0.25, 0.3) is 10.9 Å². The predicted molar refractivity (Wildman–Crippen MR) is 133 cm³/mol. The van der Waals surface area contributed by atoms with E-state index in [0.717, 1.165) is 16.6 Å². The first-order valence-corrected chi connectivity index (χ1v) is 12.6. The highest BCUT2D eigenvalue weighted by Gasteiger charge is 2.43. The number of alkyl halides is 3. The zero-order chi connectivity index (χ0) is 26.3. The molecule has 2 aliphatic rings. The first-order chi connectivity index (χ1) is 17.7. The predicted octanol–water partition coefficient (Wildman–Crippen LogP) is 4.87. The zero-order valence-corrected chi connectivity index (χ0v) is 20.6. The fourth-order valence-corrected chi connectivity index (χ4v) is 5.69. The Morgan fingerprint density at radius 3 is 2.49 bits per heavy atom. The van der Waals surface area contributed by atoms with Gasteiger partial charge in [0, 0.05) is 65.5 Å². The van der Waals surface area contributed by atoms with Gasteiger partial charge < -0.3 is 15.4 Å². The molecule has 1 saturated heterocycles. The average molecular weight is 523 g/mol. The van der Waals surface area contributed by atoms with Gasteiger partial charge >= 0.3 is 0 Å². The molecule has 2 aromatic carbocycles. The number of nitrogens with one attached hydrogen (secondary N) is 2. The fourth-order valence-electron chi connectivity index (χ4n) is 5.69. The van der Waals surface area contributed by atoms with Crippen molar-refractivity contribution in [3.8, 4) is 0 Å². The number of aliphatic hydroxyl groups is 1. The highest BCUT2D eigenvalue weighted by Crippen LogP contribution is 2.44. The van der Waals surface area contributed by atoms with Gasteiger partial charge in [0.15, 0.2) is 0 Å². The summed E-state index contributed by atoms with van der Waals surface area (Å²) in [4.78, 5) is 6.75. The van der Waals surface area contributed by atoms with Crippen molar-refractivity contribution in [1.29, 1.82) is 0 Å². The molecule has 37 heavy (non-hydrogen) atoms. The van der Waals surface area contributed by atoms with E-state index < -0.39 is 42.8 Å². The van der Waals surface area contributed by atoms with Crippen molar-refractivity contribution in [3.63, 3.8) is 0 Å². The van der Waals surface area contributed by atoms with Crippen molar-refractivity contribution in [2.24, 2.45) is 0 Å². The van der Waals surface area contributed by atoms with Gasteiger partial charge in [0.25, 0.3) is 5.92 Å². The van der Waals surface area contributed by atoms with Crippen LogP contribution >= 0.6 is 0 Å². The number of H-pyrrole nitrogens is 1. The van der Waals surface area contributed by atoms with E-state index >= 15 is 8.78 Å². The second kappa shape index (κ2) is 10.2. The number of hydrogen-bond donors (Lipinski definition) is 3. The molecule has 2 aliphatic heterocycles. The molecular formula is C27H31F5N4O. The molecule has 10 heteroatoms. The Bertz CT molecular complexity index is 1240. The van der Waals surface area contributed by atoms with Crippen LogP contribution in [0.4, 0.5) is 27.6 Å². The van der Waals surface area contributed by atoms with Crippen molar-refractivity contribution in [2.75, 3.05) is 44.8 Å². The standard InChI is InChI=1S/C27H31F5N4O/c1-16-9-23-24(19-5-2-3-6-22(19)34-23)26(36(16)14-27(31,32)15-37)25-20(29)10-17(11-21(25)30)33-18-12-35(13-18)8-4-7-28/h2-3,5-6,10-11,16,18,26,33-34,37H,4,7-9,12-15H2,1H3/t16-,26?/m1/s1. The van der Waals surface area contributed by atoms with Crippen LogP contribution in [0.15, 0.2) is 36.4 Å². The second-order valence-corrected chi connectivity index (χ2v) is 10.2. The third-order valence-corrected chi connectivity index (χ3v) is 7.43. The molecule has 200 valence electrons. The van der Waals surface area contributed by atoms with E-state index in [2.05, 4.69) is 15.2 Å². The van der Waals surface area contributed by atoms with Crippen LogP contribution in [0, 0.1) is 11.6 Å². The molecule has 5 nitrogen and oxygen atoms in total. The molecule has 1 unspecified atom stereocenters. The summed E-state index contributed by atoms with van der Waals surface area (Å²) in [5, 5.41) is 13.1. The number of aliphatic hydroxyl groups excluding tert-OH is 1. The number of likely N-dealkylation sites (tertiary alicyclic amines) is 1. The van der Waals surface area contributed by atoms with E-state index in [-0.39, 0.29) is 24.0 Å². The van der Waals surface area contributed by atoms with Crippen molar-refractivity contribution in [1.82, 2.24) is 14.8 Å². The van der Waals surface area contributed by atoms with Gasteiger partial charge in [0.2, 0.25) is 0 Å². The lowest BCUT2D eigenvalue weighted by Crippen LogP contribution is -2.54. The summed E-state index contributed by atoms with van der Waals surface area (Å²) in [5.74, 6) is -5.10. The maximum Gasteiger partial charge on any atom is 0.283 e. The van der Waals surface area contributed by atoms with Crippen molar-refractivity contribution >= 4 is 16.6 Å². The first-order valence-electron chi connectivity index (χ1n) is 12.6. The van der Waals surface area contributed by atoms with Crippen LogP contribution in [0.3, 0.4) is 0 Å². The van der Waals surface area contributed by atoms with E-state index in [1.807, 2.05) is 18.2 Å². The number of fused-ring (bicyclic) bond motifs is 3. The number of benzene rings is 2. The van der Waals surface area contributed by atoms with Crippen molar-refractivity contribution < 1.29 is 27.1 Å². The van der Waals surface area contributed by atoms with Crippen LogP contribution in [0.2, 0.25) is 0 Å². The largest absolute Gasteiger partial charge is 0.390 e. The van der Waals surface area contributed by atoms with E-state index in [4.69, 9.17) is 0 Å². The molecule has 0 amide bonds. The monoisotopic (exact) mass is 522 g/mol. The SMILES string of the molecule is C[C@@H]1Cc2[nH]c3ccccc3c2C(c2c(F)cc(NC3CN(CCCF)C3)cc2F)N1CC(F)(F)CO. The lowest BCUT2D eigenvalue weighted by molar-refractivity contribution is -0.0866. The van der Waals surface area contributed by atoms with Gasteiger partial charge in [-0.1, -0.05) is 18.2 Å². The molecule has 1 aromatic heterocycles. The van der Waals surface area contributed by atoms with E-state index in [9.17, 15) is 18.3 Å². The quantitative estimate of drug-likeness (QED) is 0.351. The second-order valence-electron chi connectivity index (χ2n) is 10.2. The number of hydrogen-bond acceptors (Lipinski definition) is 4. The number of para-hydroxylation sites is 1. The molecule has 0 aliphatic carbocycles. The summed E-state index contributed by atoms with van der Waals surface area (Å²) in [6.07, 6.45) is 0.845. The lowest BCUT2D eigenvalue weighted by Gasteiger charge is -2.42. The smallest absolute Gasteiger partial charge is 0.283 e. The Kier molecular flexibility index (Phi) is 7.17. The van der Waals surface area contributed by atoms with Gasteiger partial charge in [0.05, 0.1) is 25.3 Å². The van der Waals surface area contributed by atoms with E-state index in [1.54, 1.807) is 13.0 Å². The van der Waals surface area contributed by atoms with Gasteiger partial charge in [-0.25, -0.2) is 17.6 Å². The summed E-state index contributed by atoms with van der Waals surface area (Å²) in [6, 6.07) is 8.11. The van der Waals surface area contributed by atoms with E-state index in [0.29, 0.717) is 38.0 Å². The summed E-state index contributed by atoms with van der Waals surface area (Å²) in [6.45, 7) is 1.09. The van der Waals surface area contributed by atoms with Crippen LogP contribution in [-0.2, 0) is 6.42 Å². The number of aromatic amines is 1. The Balaban J connectivity index is 1.51. The molecule has 0 saturated carbocycles. The summed E-state index contributed by atoms with van der Waals surface area (Å²) in [5.41, 5.74) is 2.07. The Morgan fingerprint density at radius 1 is 1.11 bits per heavy atom. The molecule has 3 heterocycles. The van der Waals surface area contributed by atoms with Gasteiger partial charge in [-0.3, -0.25) is 14.2 Å². The molecular weight excluding hydrogens is 491 g/mol. The third kappa shape index (κ3) is 5.06. The zero-order valence-electron chi connectivity index (χ0n) is 20.6. The minimum atomic E-state index is -3.44. The molecule has 0 spiro atoms. The van der Waals surface area contributed by atoms with Crippen molar-refractivity contribution in [3.05, 3.63) is 64.9 Å². The van der Waals surface area contributed by atoms with Crippen LogP contribution < -0.4 is 5.32 Å². The summed E-state index contributed by atoms with van der Waals surface area (Å²) < 4.78 is 72.7. The highest BCUT2D eigenvalue weighted by atomic mass is 19.3. The number of anilines is 1. The fraction of sp³-hybridized carbons (Fsp3) is 0.481. The molecule has 3 aromatic rings. The van der Waals surface area contributed by atoms with Gasteiger partial charge in [0.1, 0.15) is 18.2 Å². The number of rotatable bonds is 9. The Morgan fingerprint density at radius 2 is 1.81 bits per heavy atom. The van der Waals surface area contributed by atoms with E-state index in [1.165, 1.54) is 17.0 Å². The molecule has 5 rings (SSSR count). The molecule has 0 radical (unpaired) electrons. The summed E-state index contributed by atoms with van der Waals surface area (Å²) in [7, 11) is 0. The minimum Gasteiger partial charge on any atom is -0.390 e. The molecule has 3 N–H and O–H groups in total. The molecule has 2 atom stereocenters. The third-order valence-electron chi connectivity index (χ3n) is 7.43. The maximum atomic E-state index is 15.7. The Hall–Kier alpha value is -2.69. The van der Waals surface area contributed by atoms with Crippen LogP contribution in [-0.4, -0.2) is 77.4 Å². The molecule has 1 fully saturated rings. The average Bonchev–Trinajstić information content (AvgIpc) is 3.19. The number of halogens is 5. The normalized spacial score (nSPS) is 21.3. The van der Waals surface area contributed by atoms with Gasteiger partial charge in [-0.05, 0) is 31.5 Å². The highest BCUT2D eigenvalue weighted by molar-refractivity contribution is 5.86. The van der Waals surface area contributed by atoms with Gasteiger partial charge in [-0.15, -0.1) is 0 Å². The minimum absolute atomic E-state index is 0.0149. The topological polar surface area (TPSA) is 54.5 Å². The van der Waals surface area contributed by atoms with Crippen molar-refractivity contribution in [2.45, 2.75) is 43.8 Å². The van der Waals surface area contributed by atoms with Crippen LogP contribution in [0.1, 0.15) is 36.2 Å². The lowest BCUT2D eigenvalue weighted by atomic mass is 9.86. The van der Waals surface area contributed by atoms with Crippen LogP contribution in [0.5, 0.6) is 0 Å². The van der Waals surface area contributed by atoms with Gasteiger partial charge in [-0.2, -0.15) is 0 Å². The Labute approximate surface area is 212 Å².